The highest BCUT2D eigenvalue weighted by Gasteiger charge is 2.05. The number of aliphatic imine (C=N–C) groups is 1. The van der Waals surface area contributed by atoms with Crippen LogP contribution >= 0.6 is 11.6 Å². The molecule has 4 nitrogen and oxygen atoms in total. The highest BCUT2D eigenvalue weighted by Crippen LogP contribution is 2.24. The topological polar surface area (TPSA) is 48.7 Å². The van der Waals surface area contributed by atoms with Crippen molar-refractivity contribution in [3.8, 4) is 5.75 Å². The molecule has 0 saturated heterocycles. The van der Waals surface area contributed by atoms with Crippen LogP contribution < -0.4 is 4.90 Å². The van der Waals surface area contributed by atoms with Gasteiger partial charge in [0.1, 0.15) is 5.75 Å². The van der Waals surface area contributed by atoms with Gasteiger partial charge < -0.3 is 10.0 Å². The number of aromatic hydroxyl groups is 1. The molecule has 0 aliphatic rings. The van der Waals surface area contributed by atoms with Gasteiger partial charge in [-0.25, -0.2) is 9.98 Å². The van der Waals surface area contributed by atoms with Crippen molar-refractivity contribution >= 4 is 29.3 Å². The van der Waals surface area contributed by atoms with E-state index in [1.54, 1.807) is 24.4 Å². The Morgan fingerprint density at radius 1 is 1.24 bits per heavy atom. The van der Waals surface area contributed by atoms with E-state index in [9.17, 15) is 5.11 Å². The van der Waals surface area contributed by atoms with Crippen LogP contribution in [0.1, 0.15) is 19.4 Å². The average molecular weight is 304 g/mol. The minimum absolute atomic E-state index is 0.206. The Balaban J connectivity index is 2.19. The number of phenols is 1. The van der Waals surface area contributed by atoms with E-state index in [4.69, 9.17) is 11.6 Å². The number of anilines is 1. The van der Waals surface area contributed by atoms with Gasteiger partial charge in [-0.3, -0.25) is 0 Å². The number of phenolic OH excluding ortho intramolecular Hbond substituents is 1. The molecule has 1 N–H and O–H groups in total. The number of benzene rings is 1. The molecule has 2 rings (SSSR count). The molecule has 1 aromatic carbocycles. The monoisotopic (exact) mass is 303 g/mol. The third kappa shape index (κ3) is 3.95. The average Bonchev–Trinajstić information content (AvgIpc) is 2.49. The number of halogens is 1. The molecule has 0 spiro atoms. The van der Waals surface area contributed by atoms with Crippen LogP contribution in [0.25, 0.3) is 0 Å². The molecule has 0 atom stereocenters. The molecule has 0 aliphatic carbocycles. The summed E-state index contributed by atoms with van der Waals surface area (Å²) < 4.78 is 0. The highest BCUT2D eigenvalue weighted by molar-refractivity contribution is 6.30. The van der Waals surface area contributed by atoms with Crippen LogP contribution in [0.3, 0.4) is 0 Å². The van der Waals surface area contributed by atoms with Gasteiger partial charge in [-0.2, -0.15) is 0 Å². The summed E-state index contributed by atoms with van der Waals surface area (Å²) in [5.41, 5.74) is 1.65. The van der Waals surface area contributed by atoms with Gasteiger partial charge in [-0.05, 0) is 38.1 Å². The number of hydrogen-bond donors (Lipinski definition) is 1. The molecular weight excluding hydrogens is 286 g/mol. The van der Waals surface area contributed by atoms with Crippen LogP contribution in [-0.4, -0.2) is 29.4 Å². The highest BCUT2D eigenvalue weighted by atomic mass is 35.5. The number of hydrogen-bond acceptors (Lipinski definition) is 4. The van der Waals surface area contributed by atoms with Crippen LogP contribution in [0, 0.1) is 0 Å². The molecule has 5 heteroatoms. The fourth-order valence-electron chi connectivity index (χ4n) is 2.01. The maximum atomic E-state index is 10.1. The first-order valence-electron chi connectivity index (χ1n) is 6.87. The molecule has 1 heterocycles. The van der Waals surface area contributed by atoms with Gasteiger partial charge >= 0.3 is 0 Å². The zero-order valence-corrected chi connectivity index (χ0v) is 12.9. The molecule has 0 unspecified atom stereocenters. The van der Waals surface area contributed by atoms with Crippen molar-refractivity contribution in [2.24, 2.45) is 4.99 Å². The van der Waals surface area contributed by atoms with Gasteiger partial charge in [-0.15, -0.1) is 0 Å². The SMILES string of the molecule is CCN(CC)c1ccc(C=Nc2ccc(Cl)cn2)c(O)c1. The summed E-state index contributed by atoms with van der Waals surface area (Å²) in [6.07, 6.45) is 3.13. The molecule has 0 amide bonds. The first-order valence-corrected chi connectivity index (χ1v) is 7.25. The maximum Gasteiger partial charge on any atom is 0.151 e. The third-order valence-corrected chi connectivity index (χ3v) is 3.41. The van der Waals surface area contributed by atoms with Crippen LogP contribution in [-0.2, 0) is 0 Å². The van der Waals surface area contributed by atoms with Crippen LogP contribution in [0.5, 0.6) is 5.75 Å². The van der Waals surface area contributed by atoms with E-state index in [0.717, 1.165) is 18.8 Å². The molecular formula is C16H18ClN3O. The van der Waals surface area contributed by atoms with E-state index in [1.807, 2.05) is 12.1 Å². The Bertz CT molecular complexity index is 622. The molecule has 110 valence electrons. The predicted molar refractivity (Wildman–Crippen MR) is 88.2 cm³/mol. The minimum Gasteiger partial charge on any atom is -0.507 e. The molecule has 0 saturated carbocycles. The molecule has 0 fully saturated rings. The molecule has 1 aromatic heterocycles. The fourth-order valence-corrected chi connectivity index (χ4v) is 2.12. The summed E-state index contributed by atoms with van der Waals surface area (Å²) in [5, 5.41) is 10.7. The van der Waals surface area contributed by atoms with Crippen molar-refractivity contribution in [3.05, 3.63) is 47.1 Å². The van der Waals surface area contributed by atoms with Crippen molar-refractivity contribution in [3.63, 3.8) is 0 Å². The summed E-state index contributed by atoms with van der Waals surface area (Å²) >= 11 is 5.77. The number of nitrogens with zero attached hydrogens (tertiary/aromatic N) is 3. The van der Waals surface area contributed by atoms with Crippen LogP contribution in [0.2, 0.25) is 5.02 Å². The second-order valence-electron chi connectivity index (χ2n) is 4.51. The molecule has 21 heavy (non-hydrogen) atoms. The Morgan fingerprint density at radius 3 is 2.57 bits per heavy atom. The van der Waals surface area contributed by atoms with Gasteiger partial charge in [0.2, 0.25) is 0 Å². The van der Waals surface area contributed by atoms with Crippen molar-refractivity contribution in [2.75, 3.05) is 18.0 Å². The first-order chi connectivity index (χ1) is 10.1. The quantitative estimate of drug-likeness (QED) is 0.848. The van der Waals surface area contributed by atoms with E-state index in [2.05, 4.69) is 28.7 Å². The van der Waals surface area contributed by atoms with Crippen molar-refractivity contribution < 1.29 is 5.11 Å². The van der Waals surface area contributed by atoms with E-state index in [-0.39, 0.29) is 5.75 Å². The van der Waals surface area contributed by atoms with Crippen LogP contribution in [0.4, 0.5) is 11.5 Å². The lowest BCUT2D eigenvalue weighted by Gasteiger charge is -2.21. The normalized spacial score (nSPS) is 11.0. The zero-order valence-electron chi connectivity index (χ0n) is 12.1. The lowest BCUT2D eigenvalue weighted by Crippen LogP contribution is -2.21. The van der Waals surface area contributed by atoms with Crippen molar-refractivity contribution in [2.45, 2.75) is 13.8 Å². The molecule has 0 bridgehead atoms. The van der Waals surface area contributed by atoms with Crippen LogP contribution in [0.15, 0.2) is 41.5 Å². The summed E-state index contributed by atoms with van der Waals surface area (Å²) in [7, 11) is 0. The van der Waals surface area contributed by atoms with Gasteiger partial charge in [-0.1, -0.05) is 11.6 Å². The second kappa shape index (κ2) is 7.09. The number of pyridine rings is 1. The van der Waals surface area contributed by atoms with E-state index < -0.39 is 0 Å². The molecule has 0 aliphatic heterocycles. The molecule has 0 radical (unpaired) electrons. The number of aromatic nitrogens is 1. The lowest BCUT2D eigenvalue weighted by molar-refractivity contribution is 0.474. The largest absolute Gasteiger partial charge is 0.507 e. The summed E-state index contributed by atoms with van der Waals surface area (Å²) in [5.74, 6) is 0.753. The lowest BCUT2D eigenvalue weighted by atomic mass is 10.2. The van der Waals surface area contributed by atoms with Gasteiger partial charge in [0.05, 0.1) is 5.02 Å². The second-order valence-corrected chi connectivity index (χ2v) is 4.94. The summed E-state index contributed by atoms with van der Waals surface area (Å²) in [6, 6.07) is 9.03. The summed E-state index contributed by atoms with van der Waals surface area (Å²) in [6.45, 7) is 5.97. The maximum absolute atomic E-state index is 10.1. The van der Waals surface area contributed by atoms with Crippen molar-refractivity contribution in [1.29, 1.82) is 0 Å². The number of rotatable bonds is 5. The Labute approximate surface area is 129 Å². The van der Waals surface area contributed by atoms with Gasteiger partial charge in [0.15, 0.2) is 5.82 Å². The minimum atomic E-state index is 0.206. The van der Waals surface area contributed by atoms with E-state index in [0.29, 0.717) is 16.4 Å². The third-order valence-electron chi connectivity index (χ3n) is 3.19. The first kappa shape index (κ1) is 15.3. The fraction of sp³-hybridized carbons (Fsp3) is 0.250. The predicted octanol–water partition coefficient (Wildman–Crippen LogP) is 4.04. The Kier molecular flexibility index (Phi) is 5.17. The van der Waals surface area contributed by atoms with Crippen molar-refractivity contribution in [1.82, 2.24) is 4.98 Å². The van der Waals surface area contributed by atoms with E-state index in [1.165, 1.54) is 6.20 Å². The van der Waals surface area contributed by atoms with E-state index >= 15 is 0 Å². The summed E-state index contributed by atoms with van der Waals surface area (Å²) in [4.78, 5) is 10.5. The van der Waals surface area contributed by atoms with Gasteiger partial charge in [0, 0.05) is 42.8 Å². The molecule has 2 aromatic rings. The smallest absolute Gasteiger partial charge is 0.151 e. The standard InChI is InChI=1S/C16H18ClN3O/c1-3-20(4-2)14-7-5-12(15(21)9-14)10-18-16-8-6-13(17)11-19-16/h5-11,21H,3-4H2,1-2H3. The Hall–Kier alpha value is -2.07. The van der Waals surface area contributed by atoms with Gasteiger partial charge in [0.25, 0.3) is 0 Å². The zero-order chi connectivity index (χ0) is 15.2. The Morgan fingerprint density at radius 2 is 2.00 bits per heavy atom.